The highest BCUT2D eigenvalue weighted by molar-refractivity contribution is 6.30. The van der Waals surface area contributed by atoms with Crippen LogP contribution in [0.4, 0.5) is 4.39 Å². The Morgan fingerprint density at radius 1 is 1.63 bits per heavy atom. The summed E-state index contributed by atoms with van der Waals surface area (Å²) >= 11 is 5.54. The lowest BCUT2D eigenvalue weighted by molar-refractivity contribution is -0.139. The van der Waals surface area contributed by atoms with Gasteiger partial charge in [0.05, 0.1) is 5.02 Å². The average molecular weight is 287 g/mol. The maximum Gasteiger partial charge on any atom is 0.325 e. The van der Waals surface area contributed by atoms with Gasteiger partial charge in [-0.3, -0.25) is 4.79 Å². The Kier molecular flexibility index (Phi) is 6.08. The first-order valence-corrected chi connectivity index (χ1v) is 5.86. The summed E-state index contributed by atoms with van der Waals surface area (Å²) in [6.07, 6.45) is 0.490. The fourth-order valence-electron chi connectivity index (χ4n) is 1.48. The minimum Gasteiger partial charge on any atom is -0.480 e. The van der Waals surface area contributed by atoms with Crippen LogP contribution in [0.5, 0.6) is 0 Å². The van der Waals surface area contributed by atoms with Crippen molar-refractivity contribution in [3.05, 3.63) is 45.0 Å². The standard InChI is InChI=1S/C11H12ClFN4O2/c12-8-3-2-7(6-9(8)13)10(11(18)19)15-4-1-5-16-17-14/h2-3,6,10,15H,1,4-5H2,(H,18,19). The number of benzene rings is 1. The molecule has 8 heteroatoms. The molecule has 1 aromatic rings. The van der Waals surface area contributed by atoms with Crippen LogP contribution in [0, 0.1) is 5.82 Å². The van der Waals surface area contributed by atoms with Crippen LogP contribution in [0.15, 0.2) is 23.3 Å². The second kappa shape index (κ2) is 7.58. The van der Waals surface area contributed by atoms with Gasteiger partial charge >= 0.3 is 5.97 Å². The third-order valence-electron chi connectivity index (χ3n) is 2.37. The van der Waals surface area contributed by atoms with Gasteiger partial charge in [0.15, 0.2) is 0 Å². The number of hydrogen-bond acceptors (Lipinski definition) is 3. The normalized spacial score (nSPS) is 11.7. The minimum absolute atomic E-state index is 0.0590. The van der Waals surface area contributed by atoms with E-state index < -0.39 is 17.8 Å². The molecule has 1 rings (SSSR count). The largest absolute Gasteiger partial charge is 0.480 e. The molecule has 1 atom stereocenters. The Bertz CT molecular complexity index is 505. The number of nitrogens with zero attached hydrogens (tertiary/aromatic N) is 3. The van der Waals surface area contributed by atoms with Crippen molar-refractivity contribution >= 4 is 17.6 Å². The molecule has 0 aliphatic heterocycles. The van der Waals surface area contributed by atoms with Gasteiger partial charge in [0.2, 0.25) is 0 Å². The number of nitrogens with one attached hydrogen (secondary N) is 1. The van der Waals surface area contributed by atoms with E-state index in [9.17, 15) is 9.18 Å². The first-order chi connectivity index (χ1) is 9.06. The lowest BCUT2D eigenvalue weighted by atomic mass is 10.1. The maximum absolute atomic E-state index is 13.3. The zero-order valence-electron chi connectivity index (χ0n) is 9.88. The summed E-state index contributed by atoms with van der Waals surface area (Å²) in [5.74, 6) is -1.79. The summed E-state index contributed by atoms with van der Waals surface area (Å²) in [6, 6.07) is 2.81. The molecule has 0 aromatic heterocycles. The van der Waals surface area contributed by atoms with Gasteiger partial charge in [-0.15, -0.1) is 0 Å². The van der Waals surface area contributed by atoms with Crippen molar-refractivity contribution in [2.45, 2.75) is 12.5 Å². The molecule has 0 bridgehead atoms. The van der Waals surface area contributed by atoms with Crippen molar-refractivity contribution in [2.24, 2.45) is 5.11 Å². The lowest BCUT2D eigenvalue weighted by Gasteiger charge is -2.14. The molecule has 0 fully saturated rings. The molecule has 0 aliphatic carbocycles. The molecule has 1 aromatic carbocycles. The summed E-state index contributed by atoms with van der Waals surface area (Å²) < 4.78 is 13.3. The number of carboxylic acids is 1. The number of carboxylic acid groups (broad SMARTS) is 1. The summed E-state index contributed by atoms with van der Waals surface area (Å²) in [5, 5.41) is 15.1. The molecule has 0 amide bonds. The van der Waals surface area contributed by atoms with Crippen LogP contribution in [0.1, 0.15) is 18.0 Å². The molecule has 102 valence electrons. The Morgan fingerprint density at radius 3 is 2.95 bits per heavy atom. The highest BCUT2D eigenvalue weighted by atomic mass is 35.5. The van der Waals surface area contributed by atoms with Crippen molar-refractivity contribution in [3.8, 4) is 0 Å². The zero-order chi connectivity index (χ0) is 14.3. The van der Waals surface area contributed by atoms with E-state index in [1.807, 2.05) is 0 Å². The van der Waals surface area contributed by atoms with Gasteiger partial charge in [-0.25, -0.2) is 4.39 Å². The van der Waals surface area contributed by atoms with Gasteiger partial charge in [0.25, 0.3) is 0 Å². The molecule has 0 spiro atoms. The number of hydrogen-bond donors (Lipinski definition) is 2. The van der Waals surface area contributed by atoms with Gasteiger partial charge in [-0.05, 0) is 36.2 Å². The molecular formula is C11H12ClFN4O2. The fraction of sp³-hybridized carbons (Fsp3) is 0.364. The third-order valence-corrected chi connectivity index (χ3v) is 2.68. The van der Waals surface area contributed by atoms with Crippen molar-refractivity contribution in [3.63, 3.8) is 0 Å². The van der Waals surface area contributed by atoms with Crippen molar-refractivity contribution < 1.29 is 14.3 Å². The zero-order valence-corrected chi connectivity index (χ0v) is 10.6. The van der Waals surface area contributed by atoms with Gasteiger partial charge in [0, 0.05) is 11.5 Å². The second-order valence-electron chi connectivity index (χ2n) is 3.71. The van der Waals surface area contributed by atoms with Crippen LogP contribution in [0.2, 0.25) is 5.02 Å². The molecule has 2 N–H and O–H groups in total. The number of halogens is 2. The van der Waals surface area contributed by atoms with Gasteiger partial charge in [-0.2, -0.15) is 0 Å². The number of aliphatic carboxylic acids is 1. The number of carbonyl (C=O) groups is 1. The molecule has 6 nitrogen and oxygen atoms in total. The van der Waals surface area contributed by atoms with E-state index in [1.165, 1.54) is 12.1 Å². The van der Waals surface area contributed by atoms with E-state index in [0.29, 0.717) is 13.0 Å². The van der Waals surface area contributed by atoms with Crippen molar-refractivity contribution in [1.29, 1.82) is 0 Å². The summed E-state index contributed by atoms with van der Waals surface area (Å²) in [4.78, 5) is 13.7. The van der Waals surface area contributed by atoms with Gasteiger partial charge in [-0.1, -0.05) is 22.8 Å². The SMILES string of the molecule is [N-]=[N+]=NCCCNC(C(=O)O)c1ccc(Cl)c(F)c1. The summed E-state index contributed by atoms with van der Waals surface area (Å²) in [5.41, 5.74) is 8.36. The Balaban J connectivity index is 2.69. The highest BCUT2D eigenvalue weighted by Gasteiger charge is 2.19. The number of azide groups is 1. The number of rotatable bonds is 7. The minimum atomic E-state index is -1.12. The van der Waals surface area contributed by atoms with E-state index in [4.69, 9.17) is 22.2 Å². The third kappa shape index (κ3) is 4.75. The van der Waals surface area contributed by atoms with E-state index in [2.05, 4.69) is 15.3 Å². The molecule has 19 heavy (non-hydrogen) atoms. The summed E-state index contributed by atoms with van der Waals surface area (Å²) in [7, 11) is 0. The monoisotopic (exact) mass is 286 g/mol. The van der Waals surface area contributed by atoms with Gasteiger partial charge in [0.1, 0.15) is 11.9 Å². The predicted molar refractivity (Wildman–Crippen MR) is 68.4 cm³/mol. The van der Waals surface area contributed by atoms with Crippen LogP contribution >= 0.6 is 11.6 Å². The van der Waals surface area contributed by atoms with Crippen molar-refractivity contribution in [1.82, 2.24) is 5.32 Å². The van der Waals surface area contributed by atoms with Crippen LogP contribution < -0.4 is 5.32 Å². The van der Waals surface area contributed by atoms with E-state index in [-0.39, 0.29) is 17.1 Å². The molecule has 0 saturated heterocycles. The van der Waals surface area contributed by atoms with E-state index in [0.717, 1.165) is 6.07 Å². The molecule has 0 aliphatic rings. The van der Waals surface area contributed by atoms with Crippen LogP contribution in [0.3, 0.4) is 0 Å². The highest BCUT2D eigenvalue weighted by Crippen LogP contribution is 2.20. The first kappa shape index (κ1) is 15.2. The molecule has 0 radical (unpaired) electrons. The van der Waals surface area contributed by atoms with Crippen LogP contribution in [-0.2, 0) is 4.79 Å². The molecule has 1 unspecified atom stereocenters. The molecular weight excluding hydrogens is 275 g/mol. The quantitative estimate of drug-likeness (QED) is 0.349. The van der Waals surface area contributed by atoms with Crippen LogP contribution in [0.25, 0.3) is 10.4 Å². The van der Waals surface area contributed by atoms with E-state index >= 15 is 0 Å². The Hall–Kier alpha value is -1.82. The predicted octanol–water partition coefficient (Wildman–Crippen LogP) is 2.89. The van der Waals surface area contributed by atoms with Crippen LogP contribution in [-0.4, -0.2) is 24.2 Å². The summed E-state index contributed by atoms with van der Waals surface area (Å²) in [6.45, 7) is 0.602. The van der Waals surface area contributed by atoms with Gasteiger partial charge < -0.3 is 10.4 Å². The Labute approximate surface area is 113 Å². The second-order valence-corrected chi connectivity index (χ2v) is 4.11. The molecule has 0 saturated carbocycles. The maximum atomic E-state index is 13.3. The lowest BCUT2D eigenvalue weighted by Crippen LogP contribution is -2.29. The average Bonchev–Trinajstić information content (AvgIpc) is 2.37. The fourth-order valence-corrected chi connectivity index (χ4v) is 1.60. The molecule has 0 heterocycles. The first-order valence-electron chi connectivity index (χ1n) is 5.48. The topological polar surface area (TPSA) is 98.1 Å². The Morgan fingerprint density at radius 2 is 2.37 bits per heavy atom. The van der Waals surface area contributed by atoms with Crippen molar-refractivity contribution in [2.75, 3.05) is 13.1 Å². The smallest absolute Gasteiger partial charge is 0.325 e. The van der Waals surface area contributed by atoms with E-state index in [1.54, 1.807) is 0 Å².